The van der Waals surface area contributed by atoms with E-state index in [1.54, 1.807) is 0 Å². The molecule has 2 aromatic rings. The first kappa shape index (κ1) is 20.1. The maximum absolute atomic E-state index is 13.4. The normalized spacial score (nSPS) is 24.2. The van der Waals surface area contributed by atoms with Gasteiger partial charge in [0.25, 0.3) is 0 Å². The Morgan fingerprint density at radius 3 is 2.55 bits per heavy atom. The van der Waals surface area contributed by atoms with Crippen LogP contribution in [0.2, 0.25) is 0 Å². The Labute approximate surface area is 173 Å². The highest BCUT2D eigenvalue weighted by atomic mass is 16.4. The maximum atomic E-state index is 13.4. The lowest BCUT2D eigenvalue weighted by Gasteiger charge is -2.35. The molecule has 0 unspecified atom stereocenters. The van der Waals surface area contributed by atoms with Crippen molar-refractivity contribution in [3.63, 3.8) is 0 Å². The number of hydrogen-bond acceptors (Lipinski definition) is 5. The SMILES string of the molecule is CN(C)C[C@H]1CN(C(=O)C2(C)CCCCC2)C[C@@H]1c1nnc(-c2ccccc2)o1. The topological polar surface area (TPSA) is 62.5 Å². The molecule has 156 valence electrons. The zero-order chi connectivity index (χ0) is 20.4. The number of likely N-dealkylation sites (tertiary alicyclic amines) is 1. The average Bonchev–Trinajstić information content (AvgIpc) is 3.35. The largest absolute Gasteiger partial charge is 0.420 e. The molecule has 6 nitrogen and oxygen atoms in total. The number of aromatic nitrogens is 2. The Kier molecular flexibility index (Phi) is 5.72. The molecule has 0 bridgehead atoms. The van der Waals surface area contributed by atoms with Crippen LogP contribution in [-0.4, -0.2) is 59.6 Å². The minimum Gasteiger partial charge on any atom is -0.420 e. The molecule has 1 aromatic heterocycles. The summed E-state index contributed by atoms with van der Waals surface area (Å²) in [6.07, 6.45) is 5.57. The fourth-order valence-corrected chi connectivity index (χ4v) is 4.98. The van der Waals surface area contributed by atoms with E-state index in [0.29, 0.717) is 30.2 Å². The van der Waals surface area contributed by atoms with Crippen LogP contribution in [0.3, 0.4) is 0 Å². The van der Waals surface area contributed by atoms with Crippen LogP contribution >= 0.6 is 0 Å². The first-order chi connectivity index (χ1) is 14.0. The summed E-state index contributed by atoms with van der Waals surface area (Å²) in [5.74, 6) is 1.89. The molecule has 0 radical (unpaired) electrons. The summed E-state index contributed by atoms with van der Waals surface area (Å²) in [5.41, 5.74) is 0.718. The molecule has 2 aliphatic rings. The van der Waals surface area contributed by atoms with Crippen molar-refractivity contribution >= 4 is 5.91 Å². The highest BCUT2D eigenvalue weighted by molar-refractivity contribution is 5.82. The number of carbonyl (C=O) groups excluding carboxylic acids is 1. The molecule has 1 saturated carbocycles. The van der Waals surface area contributed by atoms with Gasteiger partial charge in [-0.05, 0) is 39.1 Å². The van der Waals surface area contributed by atoms with E-state index in [0.717, 1.165) is 44.3 Å². The van der Waals surface area contributed by atoms with Crippen molar-refractivity contribution in [3.8, 4) is 11.5 Å². The Bertz CT molecular complexity index is 826. The summed E-state index contributed by atoms with van der Waals surface area (Å²) >= 11 is 0. The van der Waals surface area contributed by atoms with Crippen LogP contribution in [-0.2, 0) is 4.79 Å². The number of nitrogens with zero attached hydrogens (tertiary/aromatic N) is 4. The second kappa shape index (κ2) is 8.27. The molecule has 2 heterocycles. The monoisotopic (exact) mass is 396 g/mol. The maximum Gasteiger partial charge on any atom is 0.247 e. The van der Waals surface area contributed by atoms with Crippen LogP contribution in [0.1, 0.15) is 50.8 Å². The van der Waals surface area contributed by atoms with Crippen molar-refractivity contribution in [2.75, 3.05) is 33.7 Å². The Morgan fingerprint density at radius 2 is 1.86 bits per heavy atom. The minimum absolute atomic E-state index is 0.0819. The molecule has 2 atom stereocenters. The molecular weight excluding hydrogens is 364 g/mol. The Hall–Kier alpha value is -2.21. The van der Waals surface area contributed by atoms with E-state index in [1.807, 2.05) is 30.3 Å². The van der Waals surface area contributed by atoms with Crippen LogP contribution in [0.4, 0.5) is 0 Å². The zero-order valence-electron chi connectivity index (χ0n) is 17.8. The van der Waals surface area contributed by atoms with Gasteiger partial charge >= 0.3 is 0 Å². The van der Waals surface area contributed by atoms with Crippen molar-refractivity contribution in [1.29, 1.82) is 0 Å². The van der Waals surface area contributed by atoms with Crippen LogP contribution < -0.4 is 0 Å². The average molecular weight is 397 g/mol. The zero-order valence-corrected chi connectivity index (χ0v) is 17.8. The fourth-order valence-electron chi connectivity index (χ4n) is 4.98. The summed E-state index contributed by atoms with van der Waals surface area (Å²) in [5, 5.41) is 8.67. The molecular formula is C23H32N4O2. The Balaban J connectivity index is 1.55. The van der Waals surface area contributed by atoms with E-state index in [1.165, 1.54) is 6.42 Å². The van der Waals surface area contributed by atoms with E-state index in [-0.39, 0.29) is 11.3 Å². The van der Waals surface area contributed by atoms with Gasteiger partial charge in [-0.1, -0.05) is 44.4 Å². The smallest absolute Gasteiger partial charge is 0.247 e. The van der Waals surface area contributed by atoms with Gasteiger partial charge in [0.05, 0.1) is 5.92 Å². The van der Waals surface area contributed by atoms with Crippen molar-refractivity contribution in [2.24, 2.45) is 11.3 Å². The van der Waals surface area contributed by atoms with Gasteiger partial charge in [-0.3, -0.25) is 4.79 Å². The van der Waals surface area contributed by atoms with Gasteiger partial charge in [0.15, 0.2) is 0 Å². The first-order valence-corrected chi connectivity index (χ1v) is 10.8. The number of amides is 1. The third-order valence-electron chi connectivity index (χ3n) is 6.58. The summed E-state index contributed by atoms with van der Waals surface area (Å²) < 4.78 is 6.09. The molecule has 1 aromatic carbocycles. The highest BCUT2D eigenvalue weighted by Gasteiger charge is 2.45. The second-order valence-electron chi connectivity index (χ2n) is 9.27. The van der Waals surface area contributed by atoms with Gasteiger partial charge in [-0.15, -0.1) is 10.2 Å². The van der Waals surface area contributed by atoms with E-state index >= 15 is 0 Å². The molecule has 0 spiro atoms. The molecule has 1 aliphatic carbocycles. The summed E-state index contributed by atoms with van der Waals surface area (Å²) in [6, 6.07) is 9.86. The van der Waals surface area contributed by atoms with Crippen molar-refractivity contribution in [2.45, 2.75) is 44.9 Å². The van der Waals surface area contributed by atoms with Crippen LogP contribution in [0.25, 0.3) is 11.5 Å². The van der Waals surface area contributed by atoms with Crippen molar-refractivity contribution < 1.29 is 9.21 Å². The molecule has 1 aliphatic heterocycles. The lowest BCUT2D eigenvalue weighted by molar-refractivity contribution is -0.142. The fraction of sp³-hybridized carbons (Fsp3) is 0.609. The third-order valence-corrected chi connectivity index (χ3v) is 6.58. The summed E-state index contributed by atoms with van der Waals surface area (Å²) in [7, 11) is 4.15. The van der Waals surface area contributed by atoms with Gasteiger partial charge in [0.2, 0.25) is 17.7 Å². The van der Waals surface area contributed by atoms with Crippen LogP contribution in [0, 0.1) is 11.3 Å². The molecule has 29 heavy (non-hydrogen) atoms. The lowest BCUT2D eigenvalue weighted by atomic mass is 9.74. The predicted molar refractivity (Wildman–Crippen MR) is 112 cm³/mol. The molecule has 1 amide bonds. The summed E-state index contributed by atoms with van der Waals surface area (Å²) in [4.78, 5) is 17.7. The van der Waals surface area contributed by atoms with E-state index in [4.69, 9.17) is 4.42 Å². The van der Waals surface area contributed by atoms with Crippen LogP contribution in [0.5, 0.6) is 0 Å². The van der Waals surface area contributed by atoms with Crippen molar-refractivity contribution in [1.82, 2.24) is 20.0 Å². The standard InChI is InChI=1S/C23H32N4O2/c1-23(12-8-5-9-13-23)22(28)27-15-18(14-26(2)3)19(16-27)21-25-24-20(29-21)17-10-6-4-7-11-17/h4,6-7,10-11,18-19H,5,8-9,12-16H2,1-3H3/t18-,19-/m0/s1. The minimum atomic E-state index is -0.208. The highest BCUT2D eigenvalue weighted by Crippen LogP contribution is 2.41. The van der Waals surface area contributed by atoms with Gasteiger partial charge in [-0.25, -0.2) is 0 Å². The molecule has 0 N–H and O–H groups in total. The molecule has 4 rings (SSSR count). The quantitative estimate of drug-likeness (QED) is 0.769. The van der Waals surface area contributed by atoms with Gasteiger partial charge in [0.1, 0.15) is 0 Å². The summed E-state index contributed by atoms with van der Waals surface area (Å²) in [6.45, 7) is 4.49. The Morgan fingerprint density at radius 1 is 1.14 bits per heavy atom. The third kappa shape index (κ3) is 4.22. The molecule has 1 saturated heterocycles. The lowest BCUT2D eigenvalue weighted by Crippen LogP contribution is -2.42. The molecule has 6 heteroatoms. The van der Waals surface area contributed by atoms with Crippen LogP contribution in [0.15, 0.2) is 34.7 Å². The molecule has 2 fully saturated rings. The second-order valence-corrected chi connectivity index (χ2v) is 9.27. The van der Waals surface area contributed by atoms with E-state index in [9.17, 15) is 4.79 Å². The number of carbonyl (C=O) groups is 1. The number of hydrogen-bond donors (Lipinski definition) is 0. The van der Waals surface area contributed by atoms with Gasteiger partial charge < -0.3 is 14.2 Å². The first-order valence-electron chi connectivity index (χ1n) is 10.8. The number of benzene rings is 1. The predicted octanol–water partition coefficient (Wildman–Crippen LogP) is 3.81. The van der Waals surface area contributed by atoms with E-state index < -0.39 is 0 Å². The van der Waals surface area contributed by atoms with E-state index in [2.05, 4.69) is 41.0 Å². The number of rotatable bonds is 5. The van der Waals surface area contributed by atoms with Crippen molar-refractivity contribution in [3.05, 3.63) is 36.2 Å². The van der Waals surface area contributed by atoms with Gasteiger partial charge in [-0.2, -0.15) is 0 Å². The van der Waals surface area contributed by atoms with Gasteiger partial charge in [0, 0.05) is 36.5 Å².